The highest BCUT2D eigenvalue weighted by Gasteiger charge is 2.44. The Morgan fingerprint density at radius 1 is 1.25 bits per heavy atom. The topological polar surface area (TPSA) is 166 Å². The summed E-state index contributed by atoms with van der Waals surface area (Å²) in [5.74, 6) is 0.0708. The van der Waals surface area contributed by atoms with Crippen LogP contribution < -0.4 is 11.5 Å². The van der Waals surface area contributed by atoms with Crippen molar-refractivity contribution in [2.45, 2.75) is 24.5 Å². The summed E-state index contributed by atoms with van der Waals surface area (Å²) in [6.45, 7) is -0.416. The van der Waals surface area contributed by atoms with Crippen LogP contribution in [0.5, 0.6) is 0 Å². The largest absolute Gasteiger partial charge is 0.394 e. The molecule has 7 N–H and O–H groups in total. The summed E-state index contributed by atoms with van der Waals surface area (Å²) < 4.78 is 6.79. The summed E-state index contributed by atoms with van der Waals surface area (Å²) >= 11 is 0. The lowest BCUT2D eigenvalue weighted by Crippen LogP contribution is -2.33. The van der Waals surface area contributed by atoms with E-state index in [0.717, 1.165) is 0 Å². The molecule has 0 radical (unpaired) electrons. The molecule has 20 heavy (non-hydrogen) atoms. The third kappa shape index (κ3) is 1.78. The Labute approximate surface area is 112 Å². The fourth-order valence-corrected chi connectivity index (χ4v) is 2.25. The van der Waals surface area contributed by atoms with E-state index in [4.69, 9.17) is 21.3 Å². The third-order valence-corrected chi connectivity index (χ3v) is 3.26. The predicted molar refractivity (Wildman–Crippen MR) is 67.2 cm³/mol. The van der Waals surface area contributed by atoms with Gasteiger partial charge in [-0.2, -0.15) is 9.97 Å². The molecule has 1 unspecified atom stereocenters. The van der Waals surface area contributed by atoms with Gasteiger partial charge in [0.2, 0.25) is 5.95 Å². The number of aliphatic hydroxyl groups excluding tert-OH is 3. The maximum Gasteiger partial charge on any atom is 0.224 e. The first-order chi connectivity index (χ1) is 9.52. The number of rotatable bonds is 2. The average molecular weight is 282 g/mol. The van der Waals surface area contributed by atoms with E-state index in [1.807, 2.05) is 0 Å². The standard InChI is InChI=1S/C10H14N6O4/c11-7-4-8(15-10(12)14-7)16(2-13-4)9-6(19)5(18)3(1-17)20-9/h2-3,5-6,9,17-19H,1H2,(H4,11,12,14,15)/t3-,5-,6+,9?/m1/s1. The number of imidazole rings is 1. The van der Waals surface area contributed by atoms with Crippen molar-refractivity contribution in [2.24, 2.45) is 0 Å². The minimum absolute atomic E-state index is 0.0384. The van der Waals surface area contributed by atoms with Crippen molar-refractivity contribution in [2.75, 3.05) is 18.1 Å². The number of nitrogen functional groups attached to an aromatic ring is 2. The first kappa shape index (κ1) is 13.0. The quantitative estimate of drug-likeness (QED) is 0.403. The van der Waals surface area contributed by atoms with Crippen molar-refractivity contribution in [1.82, 2.24) is 19.5 Å². The van der Waals surface area contributed by atoms with E-state index in [2.05, 4.69) is 15.0 Å². The van der Waals surface area contributed by atoms with E-state index in [9.17, 15) is 10.2 Å². The van der Waals surface area contributed by atoms with Crippen LogP contribution in [0.2, 0.25) is 0 Å². The molecule has 0 bridgehead atoms. The van der Waals surface area contributed by atoms with Crippen LogP contribution in [0.1, 0.15) is 6.23 Å². The molecule has 1 aliphatic rings. The Balaban J connectivity index is 2.07. The van der Waals surface area contributed by atoms with Crippen LogP contribution in [0, 0.1) is 0 Å². The molecule has 10 nitrogen and oxygen atoms in total. The second-order valence-corrected chi connectivity index (χ2v) is 4.52. The van der Waals surface area contributed by atoms with Crippen molar-refractivity contribution >= 4 is 22.9 Å². The molecule has 1 aliphatic heterocycles. The van der Waals surface area contributed by atoms with Crippen molar-refractivity contribution in [3.05, 3.63) is 6.33 Å². The van der Waals surface area contributed by atoms with Crippen LogP contribution in [0.25, 0.3) is 11.2 Å². The summed E-state index contributed by atoms with van der Waals surface area (Å²) in [5.41, 5.74) is 11.8. The SMILES string of the molecule is Nc1nc(N)c2ncn(C3O[C@H](CO)[C@@H](O)[C@@H]3O)c2n1. The molecule has 3 heterocycles. The minimum Gasteiger partial charge on any atom is -0.394 e. The first-order valence-corrected chi connectivity index (χ1v) is 5.91. The fraction of sp³-hybridized carbons (Fsp3) is 0.500. The van der Waals surface area contributed by atoms with Crippen LogP contribution in [0.15, 0.2) is 6.33 Å². The van der Waals surface area contributed by atoms with Crippen molar-refractivity contribution < 1.29 is 20.1 Å². The van der Waals surface area contributed by atoms with Gasteiger partial charge >= 0.3 is 0 Å². The summed E-state index contributed by atoms with van der Waals surface area (Å²) in [6, 6.07) is 0. The molecule has 3 rings (SSSR count). The van der Waals surface area contributed by atoms with Gasteiger partial charge in [-0.25, -0.2) is 4.98 Å². The Morgan fingerprint density at radius 3 is 2.65 bits per heavy atom. The molecule has 2 aromatic rings. The van der Waals surface area contributed by atoms with Gasteiger partial charge in [0.05, 0.1) is 12.9 Å². The number of nitrogens with zero attached hydrogens (tertiary/aromatic N) is 4. The molecule has 0 aromatic carbocycles. The average Bonchev–Trinajstić information content (AvgIpc) is 2.93. The molecule has 0 spiro atoms. The molecule has 2 aromatic heterocycles. The Hall–Kier alpha value is -2.01. The molecule has 4 atom stereocenters. The Bertz CT molecular complexity index is 646. The van der Waals surface area contributed by atoms with Crippen LogP contribution in [0.3, 0.4) is 0 Å². The normalized spacial score (nSPS) is 30.1. The molecular weight excluding hydrogens is 268 g/mol. The van der Waals surface area contributed by atoms with E-state index >= 15 is 0 Å². The van der Waals surface area contributed by atoms with Gasteiger partial charge in [0.15, 0.2) is 17.7 Å². The molecule has 1 saturated heterocycles. The second kappa shape index (κ2) is 4.52. The van der Waals surface area contributed by atoms with Crippen molar-refractivity contribution in [1.29, 1.82) is 0 Å². The number of hydrogen-bond acceptors (Lipinski definition) is 9. The summed E-state index contributed by atoms with van der Waals surface area (Å²) in [6.07, 6.45) is -2.92. The zero-order chi connectivity index (χ0) is 14.4. The lowest BCUT2D eigenvalue weighted by molar-refractivity contribution is -0.0511. The predicted octanol–water partition coefficient (Wildman–Crippen LogP) is -2.40. The van der Waals surface area contributed by atoms with Gasteiger partial charge in [-0.3, -0.25) is 4.57 Å². The van der Waals surface area contributed by atoms with E-state index < -0.39 is 31.1 Å². The molecule has 108 valence electrons. The van der Waals surface area contributed by atoms with Crippen LogP contribution in [0.4, 0.5) is 11.8 Å². The number of hydrogen-bond donors (Lipinski definition) is 5. The number of anilines is 2. The lowest BCUT2D eigenvalue weighted by atomic mass is 10.1. The van der Waals surface area contributed by atoms with Gasteiger partial charge in [0, 0.05) is 0 Å². The highest BCUT2D eigenvalue weighted by molar-refractivity contribution is 5.82. The van der Waals surface area contributed by atoms with Gasteiger partial charge in [-0.05, 0) is 0 Å². The number of ether oxygens (including phenoxy) is 1. The minimum atomic E-state index is -1.23. The third-order valence-electron chi connectivity index (χ3n) is 3.26. The number of fused-ring (bicyclic) bond motifs is 1. The van der Waals surface area contributed by atoms with E-state index in [1.165, 1.54) is 10.9 Å². The monoisotopic (exact) mass is 282 g/mol. The smallest absolute Gasteiger partial charge is 0.224 e. The van der Waals surface area contributed by atoms with Gasteiger partial charge < -0.3 is 31.5 Å². The number of aliphatic hydroxyl groups is 3. The molecule has 10 heteroatoms. The Morgan fingerprint density at radius 2 is 2.00 bits per heavy atom. The summed E-state index contributed by atoms with van der Waals surface area (Å²) in [5, 5.41) is 28.8. The molecular formula is C10H14N6O4. The fourth-order valence-electron chi connectivity index (χ4n) is 2.25. The zero-order valence-electron chi connectivity index (χ0n) is 10.3. The maximum atomic E-state index is 9.99. The van der Waals surface area contributed by atoms with Crippen LogP contribution >= 0.6 is 0 Å². The Kier molecular flexibility index (Phi) is 2.94. The summed E-state index contributed by atoms with van der Waals surface area (Å²) in [4.78, 5) is 11.8. The van der Waals surface area contributed by atoms with E-state index in [1.54, 1.807) is 0 Å². The second-order valence-electron chi connectivity index (χ2n) is 4.52. The van der Waals surface area contributed by atoms with Crippen molar-refractivity contribution in [3.63, 3.8) is 0 Å². The molecule has 1 fully saturated rings. The highest BCUT2D eigenvalue weighted by Crippen LogP contribution is 2.31. The number of aromatic nitrogens is 4. The van der Waals surface area contributed by atoms with Crippen molar-refractivity contribution in [3.8, 4) is 0 Å². The molecule has 0 aliphatic carbocycles. The lowest BCUT2D eigenvalue weighted by Gasteiger charge is -2.16. The maximum absolute atomic E-state index is 9.99. The van der Waals surface area contributed by atoms with Gasteiger partial charge in [-0.15, -0.1) is 0 Å². The van der Waals surface area contributed by atoms with Gasteiger partial charge in [0.1, 0.15) is 23.8 Å². The van der Waals surface area contributed by atoms with Gasteiger partial charge in [0.25, 0.3) is 0 Å². The zero-order valence-corrected chi connectivity index (χ0v) is 10.3. The van der Waals surface area contributed by atoms with E-state index in [0.29, 0.717) is 5.52 Å². The summed E-state index contributed by atoms with van der Waals surface area (Å²) in [7, 11) is 0. The highest BCUT2D eigenvalue weighted by atomic mass is 16.6. The molecule has 0 saturated carbocycles. The van der Waals surface area contributed by atoms with Crippen LogP contribution in [-0.2, 0) is 4.74 Å². The molecule has 0 amide bonds. The van der Waals surface area contributed by atoms with Gasteiger partial charge in [-0.1, -0.05) is 0 Å². The number of nitrogens with two attached hydrogens (primary N) is 2. The first-order valence-electron chi connectivity index (χ1n) is 5.91. The van der Waals surface area contributed by atoms with Crippen LogP contribution in [-0.4, -0.2) is 59.8 Å². The van der Waals surface area contributed by atoms with E-state index in [-0.39, 0.29) is 17.4 Å².